The van der Waals surface area contributed by atoms with Crippen LogP contribution in [0.5, 0.6) is 0 Å². The van der Waals surface area contributed by atoms with E-state index in [1.807, 2.05) is 0 Å². The summed E-state index contributed by atoms with van der Waals surface area (Å²) in [6.07, 6.45) is -4.62. The van der Waals surface area contributed by atoms with Gasteiger partial charge in [0, 0.05) is 12.4 Å². The van der Waals surface area contributed by atoms with Gasteiger partial charge in [-0.25, -0.2) is 4.79 Å². The van der Waals surface area contributed by atoms with Gasteiger partial charge >= 0.3 is 11.8 Å². The van der Waals surface area contributed by atoms with Gasteiger partial charge in [-0.1, -0.05) is 18.2 Å². The molecule has 0 unspecified atom stereocenters. The van der Waals surface area contributed by atoms with Crippen LogP contribution >= 0.6 is 0 Å². The molecule has 0 saturated heterocycles. The molecule has 9 heteroatoms. The van der Waals surface area contributed by atoms with Crippen molar-refractivity contribution in [2.24, 2.45) is 7.05 Å². The van der Waals surface area contributed by atoms with Crippen molar-refractivity contribution in [3.05, 3.63) is 63.8 Å². The molecule has 1 amide bonds. The van der Waals surface area contributed by atoms with E-state index in [0.29, 0.717) is 21.7 Å². The van der Waals surface area contributed by atoms with Gasteiger partial charge in [-0.15, -0.1) is 0 Å². The molecule has 0 bridgehead atoms. The number of amides is 1. The predicted octanol–water partition coefficient (Wildman–Crippen LogP) is 3.04. The molecule has 0 aliphatic rings. The number of rotatable bonds is 4. The van der Waals surface area contributed by atoms with E-state index in [4.69, 9.17) is 4.42 Å². The van der Waals surface area contributed by atoms with E-state index in [-0.39, 0.29) is 12.1 Å². The van der Waals surface area contributed by atoms with E-state index >= 15 is 0 Å². The molecule has 142 valence electrons. The average molecular weight is 379 g/mol. The van der Waals surface area contributed by atoms with Crippen molar-refractivity contribution in [3.63, 3.8) is 0 Å². The Bertz CT molecular complexity index is 1050. The fraction of sp³-hybridized carbons (Fsp3) is 0.278. The number of carbonyl (C=O) groups is 1. The highest BCUT2D eigenvalue weighted by atomic mass is 19.4. The zero-order valence-corrected chi connectivity index (χ0v) is 14.6. The maximum absolute atomic E-state index is 13.0. The van der Waals surface area contributed by atoms with Crippen LogP contribution in [0.4, 0.5) is 13.2 Å². The van der Waals surface area contributed by atoms with Gasteiger partial charge in [0.1, 0.15) is 17.7 Å². The molecule has 3 rings (SSSR count). The van der Waals surface area contributed by atoms with Crippen LogP contribution < -0.4 is 5.63 Å². The third-order valence-electron chi connectivity index (χ3n) is 3.98. The Morgan fingerprint density at radius 3 is 2.59 bits per heavy atom. The fourth-order valence-electron chi connectivity index (χ4n) is 2.81. The number of aryl methyl sites for hydroxylation is 2. The minimum atomic E-state index is -4.62. The molecule has 0 saturated carbocycles. The second-order valence-electron chi connectivity index (χ2n) is 6.16. The second kappa shape index (κ2) is 6.90. The minimum absolute atomic E-state index is 0.253. The summed E-state index contributed by atoms with van der Waals surface area (Å²) in [7, 11) is 1.57. The van der Waals surface area contributed by atoms with Gasteiger partial charge in [0.25, 0.3) is 5.91 Å². The summed E-state index contributed by atoms with van der Waals surface area (Å²) in [5.41, 5.74) is -0.153. The lowest BCUT2D eigenvalue weighted by Gasteiger charge is -2.23. The van der Waals surface area contributed by atoms with Crippen molar-refractivity contribution in [1.82, 2.24) is 14.7 Å². The van der Waals surface area contributed by atoms with Crippen LogP contribution in [0.1, 0.15) is 21.7 Å². The normalized spacial score (nSPS) is 11.7. The van der Waals surface area contributed by atoms with Gasteiger partial charge < -0.3 is 9.32 Å². The molecule has 3 aromatic rings. The van der Waals surface area contributed by atoms with Crippen LogP contribution in [0.25, 0.3) is 11.0 Å². The predicted molar refractivity (Wildman–Crippen MR) is 91.2 cm³/mol. The molecule has 27 heavy (non-hydrogen) atoms. The highest BCUT2D eigenvalue weighted by molar-refractivity contribution is 5.96. The number of halogens is 3. The molecule has 6 nitrogen and oxygen atoms in total. The molecule has 0 radical (unpaired) electrons. The Morgan fingerprint density at radius 2 is 1.96 bits per heavy atom. The number of nitrogens with zero attached hydrogens (tertiary/aromatic N) is 3. The van der Waals surface area contributed by atoms with Crippen molar-refractivity contribution in [3.8, 4) is 0 Å². The van der Waals surface area contributed by atoms with Crippen LogP contribution in [-0.2, 0) is 13.6 Å². The molecule has 2 aromatic heterocycles. The van der Waals surface area contributed by atoms with E-state index in [1.165, 1.54) is 16.8 Å². The van der Waals surface area contributed by atoms with E-state index in [1.54, 1.807) is 38.2 Å². The summed E-state index contributed by atoms with van der Waals surface area (Å²) in [6.45, 7) is -0.151. The molecule has 0 fully saturated rings. The van der Waals surface area contributed by atoms with Crippen molar-refractivity contribution in [2.45, 2.75) is 19.6 Å². The number of para-hydroxylation sites is 1. The molecule has 2 heterocycles. The van der Waals surface area contributed by atoms with E-state index in [0.717, 1.165) is 0 Å². The van der Waals surface area contributed by atoms with Gasteiger partial charge in [-0.2, -0.15) is 18.3 Å². The van der Waals surface area contributed by atoms with Crippen molar-refractivity contribution in [2.75, 3.05) is 6.54 Å². The number of fused-ring (bicyclic) bond motifs is 1. The zero-order valence-electron chi connectivity index (χ0n) is 14.6. The largest absolute Gasteiger partial charge is 0.422 e. The number of alkyl halides is 3. The molecule has 1 aromatic carbocycles. The quantitative estimate of drug-likeness (QED) is 0.654. The number of benzene rings is 1. The first-order valence-electron chi connectivity index (χ1n) is 8.02. The van der Waals surface area contributed by atoms with Gasteiger partial charge in [0.05, 0.1) is 17.9 Å². The zero-order chi connectivity index (χ0) is 19.8. The first-order chi connectivity index (χ1) is 12.6. The highest BCUT2D eigenvalue weighted by Gasteiger charge is 2.35. The highest BCUT2D eigenvalue weighted by Crippen LogP contribution is 2.21. The summed E-state index contributed by atoms with van der Waals surface area (Å²) in [5, 5.41) is 4.52. The lowest BCUT2D eigenvalue weighted by Crippen LogP contribution is -2.40. The first kappa shape index (κ1) is 18.7. The van der Waals surface area contributed by atoms with Crippen molar-refractivity contribution >= 4 is 16.9 Å². The number of carbonyl (C=O) groups excluding carboxylic acids is 1. The van der Waals surface area contributed by atoms with Gasteiger partial charge in [0.15, 0.2) is 0 Å². The summed E-state index contributed by atoms with van der Waals surface area (Å²) in [4.78, 5) is 25.5. The third-order valence-corrected chi connectivity index (χ3v) is 3.98. The molecular weight excluding hydrogens is 363 g/mol. The van der Waals surface area contributed by atoms with Crippen LogP contribution in [0.15, 0.2) is 45.6 Å². The van der Waals surface area contributed by atoms with Gasteiger partial charge in [-0.3, -0.25) is 9.48 Å². The smallest absolute Gasteiger partial charge is 0.406 e. The summed E-state index contributed by atoms with van der Waals surface area (Å²) >= 11 is 0. The Balaban J connectivity index is 2.01. The van der Waals surface area contributed by atoms with Crippen LogP contribution in [-0.4, -0.2) is 33.3 Å². The molecule has 0 aliphatic carbocycles. The van der Waals surface area contributed by atoms with E-state index in [9.17, 15) is 22.8 Å². The molecule has 0 spiro atoms. The number of aromatic nitrogens is 2. The van der Waals surface area contributed by atoms with Gasteiger partial charge in [0.2, 0.25) is 0 Å². The number of hydrogen-bond donors (Lipinski definition) is 0. The number of hydrogen-bond acceptors (Lipinski definition) is 4. The summed E-state index contributed by atoms with van der Waals surface area (Å²) < 4.78 is 45.5. The lowest BCUT2D eigenvalue weighted by molar-refractivity contribution is -0.141. The van der Waals surface area contributed by atoms with Crippen LogP contribution in [0, 0.1) is 6.92 Å². The summed E-state index contributed by atoms with van der Waals surface area (Å²) in [6, 6.07) is 9.29. The molecule has 0 aliphatic heterocycles. The molecule has 0 atom stereocenters. The average Bonchev–Trinajstić information content (AvgIpc) is 2.89. The SMILES string of the molecule is Cc1cc(CN(CC(F)(F)F)C(=O)c2cc3ccccc3oc2=O)n(C)n1. The first-order valence-corrected chi connectivity index (χ1v) is 8.02. The third kappa shape index (κ3) is 4.18. The van der Waals surface area contributed by atoms with Crippen LogP contribution in [0.3, 0.4) is 0 Å². The second-order valence-corrected chi connectivity index (χ2v) is 6.16. The Labute approximate surface area is 151 Å². The van der Waals surface area contributed by atoms with Gasteiger partial charge in [-0.05, 0) is 25.1 Å². The Morgan fingerprint density at radius 1 is 1.26 bits per heavy atom. The van der Waals surface area contributed by atoms with E-state index < -0.39 is 29.8 Å². The Kier molecular flexibility index (Phi) is 4.77. The van der Waals surface area contributed by atoms with Crippen molar-refractivity contribution < 1.29 is 22.4 Å². The topological polar surface area (TPSA) is 68.3 Å². The van der Waals surface area contributed by atoms with E-state index in [2.05, 4.69) is 5.10 Å². The van der Waals surface area contributed by atoms with Crippen molar-refractivity contribution in [1.29, 1.82) is 0 Å². The molecular formula is C18H16F3N3O3. The maximum Gasteiger partial charge on any atom is 0.406 e. The Hall–Kier alpha value is -3.10. The summed E-state index contributed by atoms with van der Waals surface area (Å²) in [5.74, 6) is -1.05. The fourth-order valence-corrected chi connectivity index (χ4v) is 2.81. The maximum atomic E-state index is 13.0. The minimum Gasteiger partial charge on any atom is -0.422 e. The lowest BCUT2D eigenvalue weighted by atomic mass is 10.1. The standard InChI is InChI=1S/C18H16F3N3O3/c1-11-7-13(23(2)22-11)9-24(10-18(19,20)21)16(25)14-8-12-5-3-4-6-15(12)27-17(14)26/h3-8H,9-10H2,1-2H3. The van der Waals surface area contributed by atoms with Crippen LogP contribution in [0.2, 0.25) is 0 Å². The monoisotopic (exact) mass is 379 g/mol. The molecule has 0 N–H and O–H groups in total.